The average Bonchev–Trinajstić information content (AvgIpc) is 3.52. The van der Waals surface area contributed by atoms with E-state index in [0.29, 0.717) is 13.0 Å². The fourth-order valence-electron chi connectivity index (χ4n) is 4.95. The van der Waals surface area contributed by atoms with E-state index in [2.05, 4.69) is 22.5 Å². The lowest BCUT2D eigenvalue weighted by atomic mass is 9.90. The van der Waals surface area contributed by atoms with Crippen LogP contribution in [0.4, 0.5) is 10.6 Å². The van der Waals surface area contributed by atoms with Crippen LogP contribution in [-0.2, 0) is 16.6 Å². The number of benzene rings is 2. The van der Waals surface area contributed by atoms with E-state index in [9.17, 15) is 19.5 Å². The number of rotatable bonds is 5. The van der Waals surface area contributed by atoms with Gasteiger partial charge in [-0.05, 0) is 35.6 Å². The number of likely N-dealkylation sites (tertiary alicyclic amines) is 1. The molecule has 1 fully saturated rings. The SMILES string of the molecule is Cn1ncc(C(=O)N2CCC(C)(C(=O)O)C2)c1NC(=O)OCC1c2ccccc2-c2ccccc21. The fraction of sp³-hybridized carbons (Fsp3) is 0.308. The number of carboxylic acids is 1. The zero-order chi connectivity index (χ0) is 24.7. The van der Waals surface area contributed by atoms with Crippen molar-refractivity contribution in [2.45, 2.75) is 19.3 Å². The lowest BCUT2D eigenvalue weighted by Gasteiger charge is -2.20. The molecule has 0 spiro atoms. The summed E-state index contributed by atoms with van der Waals surface area (Å²) >= 11 is 0. The number of hydrogen-bond acceptors (Lipinski definition) is 5. The molecule has 2 N–H and O–H groups in total. The number of carboxylic acid groups (broad SMARTS) is 1. The molecular weight excluding hydrogens is 448 g/mol. The van der Waals surface area contributed by atoms with Crippen molar-refractivity contribution in [3.8, 4) is 11.1 Å². The second-order valence-corrected chi connectivity index (χ2v) is 9.32. The molecule has 1 aliphatic heterocycles. The topological polar surface area (TPSA) is 114 Å². The van der Waals surface area contributed by atoms with E-state index < -0.39 is 17.5 Å². The molecule has 5 rings (SSSR count). The van der Waals surface area contributed by atoms with Crippen molar-refractivity contribution >= 4 is 23.8 Å². The third kappa shape index (κ3) is 3.92. The van der Waals surface area contributed by atoms with Crippen molar-refractivity contribution in [1.29, 1.82) is 0 Å². The minimum absolute atomic E-state index is 0.0842. The maximum atomic E-state index is 13.1. The molecule has 3 aromatic rings. The van der Waals surface area contributed by atoms with Crippen LogP contribution in [0.1, 0.15) is 40.7 Å². The van der Waals surface area contributed by atoms with E-state index in [1.165, 1.54) is 15.8 Å². The number of nitrogens with zero attached hydrogens (tertiary/aromatic N) is 3. The molecule has 1 saturated heterocycles. The molecule has 1 aromatic heterocycles. The highest BCUT2D eigenvalue weighted by molar-refractivity contribution is 6.02. The Morgan fingerprint density at radius 1 is 1.11 bits per heavy atom. The average molecular weight is 475 g/mol. The maximum absolute atomic E-state index is 13.1. The molecule has 2 amide bonds. The first kappa shape index (κ1) is 22.6. The Morgan fingerprint density at radius 2 is 1.74 bits per heavy atom. The molecule has 2 aromatic carbocycles. The highest BCUT2D eigenvalue weighted by Gasteiger charge is 2.43. The summed E-state index contributed by atoms with van der Waals surface area (Å²) in [5.41, 5.74) is 3.68. The monoisotopic (exact) mass is 474 g/mol. The number of carbonyl (C=O) groups excluding carboxylic acids is 2. The summed E-state index contributed by atoms with van der Waals surface area (Å²) < 4.78 is 6.99. The summed E-state index contributed by atoms with van der Waals surface area (Å²) in [4.78, 5) is 38.9. The number of aryl methyl sites for hydroxylation is 1. The van der Waals surface area contributed by atoms with Crippen LogP contribution >= 0.6 is 0 Å². The van der Waals surface area contributed by atoms with E-state index in [1.807, 2.05) is 36.4 Å². The molecule has 1 atom stereocenters. The quantitative estimate of drug-likeness (QED) is 0.583. The van der Waals surface area contributed by atoms with Gasteiger partial charge in [0, 0.05) is 26.1 Å². The predicted molar refractivity (Wildman–Crippen MR) is 128 cm³/mol. The number of nitrogens with one attached hydrogen (secondary N) is 1. The van der Waals surface area contributed by atoms with Crippen molar-refractivity contribution in [1.82, 2.24) is 14.7 Å². The number of aromatic nitrogens is 2. The molecule has 2 heterocycles. The first-order valence-corrected chi connectivity index (χ1v) is 11.4. The Labute approximate surface area is 202 Å². The summed E-state index contributed by atoms with van der Waals surface area (Å²) in [5.74, 6) is -1.19. The number of aliphatic carboxylic acids is 1. The van der Waals surface area contributed by atoms with Gasteiger partial charge in [0.25, 0.3) is 5.91 Å². The lowest BCUT2D eigenvalue weighted by molar-refractivity contribution is -0.147. The van der Waals surface area contributed by atoms with E-state index in [0.717, 1.165) is 22.3 Å². The first-order chi connectivity index (χ1) is 16.8. The molecule has 35 heavy (non-hydrogen) atoms. The third-order valence-corrected chi connectivity index (χ3v) is 7.01. The minimum Gasteiger partial charge on any atom is -0.481 e. The van der Waals surface area contributed by atoms with Crippen LogP contribution in [0.25, 0.3) is 11.1 Å². The van der Waals surface area contributed by atoms with Crippen molar-refractivity contribution in [3.63, 3.8) is 0 Å². The number of carbonyl (C=O) groups is 3. The van der Waals surface area contributed by atoms with Crippen molar-refractivity contribution in [2.75, 3.05) is 25.0 Å². The molecule has 0 bridgehead atoms. The fourth-order valence-corrected chi connectivity index (χ4v) is 4.95. The van der Waals surface area contributed by atoms with Crippen LogP contribution in [0.5, 0.6) is 0 Å². The summed E-state index contributed by atoms with van der Waals surface area (Å²) in [6.45, 7) is 2.19. The molecule has 9 nitrogen and oxygen atoms in total. The second-order valence-electron chi connectivity index (χ2n) is 9.32. The molecule has 180 valence electrons. The Balaban J connectivity index is 1.29. The number of amides is 2. The van der Waals surface area contributed by atoms with Gasteiger partial charge in [0.05, 0.1) is 11.6 Å². The summed E-state index contributed by atoms with van der Waals surface area (Å²) in [6, 6.07) is 16.1. The zero-order valence-corrected chi connectivity index (χ0v) is 19.5. The largest absolute Gasteiger partial charge is 0.481 e. The second kappa shape index (κ2) is 8.57. The standard InChI is InChI=1S/C26H26N4O5/c1-26(24(32)33)11-12-30(15-26)23(31)20-13-27-29(2)22(20)28-25(34)35-14-21-18-9-5-3-7-16(18)17-8-4-6-10-19(17)21/h3-10,13,21H,11-12,14-15H2,1-2H3,(H,28,34)(H,32,33). The summed E-state index contributed by atoms with van der Waals surface area (Å²) in [6.07, 6.45) is 1.04. The van der Waals surface area contributed by atoms with Crippen LogP contribution in [0.2, 0.25) is 0 Å². The van der Waals surface area contributed by atoms with Crippen LogP contribution in [0, 0.1) is 5.41 Å². The number of ether oxygens (including phenoxy) is 1. The highest BCUT2D eigenvalue weighted by atomic mass is 16.5. The van der Waals surface area contributed by atoms with Gasteiger partial charge < -0.3 is 14.7 Å². The van der Waals surface area contributed by atoms with Crippen molar-refractivity contribution in [3.05, 3.63) is 71.4 Å². The van der Waals surface area contributed by atoms with E-state index in [1.54, 1.807) is 14.0 Å². The maximum Gasteiger partial charge on any atom is 0.412 e. The Kier molecular flexibility index (Phi) is 5.55. The predicted octanol–water partition coefficient (Wildman–Crippen LogP) is 3.72. The smallest absolute Gasteiger partial charge is 0.412 e. The Morgan fingerprint density at radius 3 is 2.34 bits per heavy atom. The molecule has 0 radical (unpaired) electrons. The van der Waals surface area contributed by atoms with Gasteiger partial charge in [-0.2, -0.15) is 5.10 Å². The lowest BCUT2D eigenvalue weighted by Crippen LogP contribution is -2.35. The van der Waals surface area contributed by atoms with Gasteiger partial charge in [0.1, 0.15) is 18.0 Å². The van der Waals surface area contributed by atoms with Gasteiger partial charge >= 0.3 is 12.1 Å². The normalized spacial score (nSPS) is 18.7. The summed E-state index contributed by atoms with van der Waals surface area (Å²) in [5, 5.41) is 16.2. The Hall–Kier alpha value is -4.14. The van der Waals surface area contributed by atoms with Crippen molar-refractivity contribution in [2.24, 2.45) is 12.5 Å². The Bertz CT molecular complexity index is 1290. The van der Waals surface area contributed by atoms with Gasteiger partial charge in [-0.15, -0.1) is 0 Å². The molecular formula is C26H26N4O5. The molecule has 2 aliphatic rings. The van der Waals surface area contributed by atoms with E-state index in [-0.39, 0.29) is 36.4 Å². The van der Waals surface area contributed by atoms with Crippen LogP contribution in [0.3, 0.4) is 0 Å². The number of fused-ring (bicyclic) bond motifs is 3. The highest BCUT2D eigenvalue weighted by Crippen LogP contribution is 2.44. The van der Waals surface area contributed by atoms with Gasteiger partial charge in [0.15, 0.2) is 0 Å². The van der Waals surface area contributed by atoms with Crippen molar-refractivity contribution < 1.29 is 24.2 Å². The van der Waals surface area contributed by atoms with Gasteiger partial charge in [0.2, 0.25) is 0 Å². The molecule has 1 unspecified atom stereocenters. The number of hydrogen-bond donors (Lipinski definition) is 2. The van der Waals surface area contributed by atoms with Gasteiger partial charge in [-0.3, -0.25) is 19.6 Å². The van der Waals surface area contributed by atoms with Crippen LogP contribution in [0.15, 0.2) is 54.7 Å². The molecule has 9 heteroatoms. The van der Waals surface area contributed by atoms with Crippen LogP contribution < -0.4 is 5.32 Å². The minimum atomic E-state index is -0.988. The molecule has 1 aliphatic carbocycles. The summed E-state index contributed by atoms with van der Waals surface area (Å²) in [7, 11) is 1.61. The first-order valence-electron chi connectivity index (χ1n) is 11.4. The van der Waals surface area contributed by atoms with Crippen LogP contribution in [-0.4, -0.2) is 57.5 Å². The van der Waals surface area contributed by atoms with Gasteiger partial charge in [-0.25, -0.2) is 4.79 Å². The third-order valence-electron chi connectivity index (χ3n) is 7.01. The van der Waals surface area contributed by atoms with E-state index in [4.69, 9.17) is 4.74 Å². The molecule has 0 saturated carbocycles. The zero-order valence-electron chi connectivity index (χ0n) is 19.5. The number of anilines is 1. The van der Waals surface area contributed by atoms with Gasteiger partial charge in [-0.1, -0.05) is 48.5 Å². The van der Waals surface area contributed by atoms with E-state index >= 15 is 0 Å².